The molecular formula is C21H23N3O4. The first-order valence-electron chi connectivity index (χ1n) is 9.12. The minimum atomic E-state index is -0.175. The smallest absolute Gasteiger partial charge is 0.253 e. The van der Waals surface area contributed by atoms with Crippen molar-refractivity contribution >= 4 is 18.0 Å². The van der Waals surface area contributed by atoms with E-state index in [1.54, 1.807) is 60.5 Å². The first kappa shape index (κ1) is 19.4. The van der Waals surface area contributed by atoms with Gasteiger partial charge in [0.15, 0.2) is 0 Å². The molecule has 146 valence electrons. The van der Waals surface area contributed by atoms with Crippen molar-refractivity contribution in [1.82, 2.24) is 10.3 Å². The van der Waals surface area contributed by atoms with E-state index in [4.69, 9.17) is 4.74 Å². The fraction of sp³-hybridized carbons (Fsp3) is 0.286. The fourth-order valence-electron chi connectivity index (χ4n) is 3.11. The maximum Gasteiger partial charge on any atom is 0.253 e. The Hall–Kier alpha value is -3.35. The summed E-state index contributed by atoms with van der Waals surface area (Å²) >= 11 is 0. The number of nitrogens with zero attached hydrogens (tertiary/aromatic N) is 2. The summed E-state index contributed by atoms with van der Waals surface area (Å²) in [5.41, 5.74) is 3.91. The highest BCUT2D eigenvalue weighted by atomic mass is 16.5. The summed E-state index contributed by atoms with van der Waals surface area (Å²) in [4.78, 5) is 26.7. The van der Waals surface area contributed by atoms with Crippen LogP contribution >= 0.6 is 0 Å². The lowest BCUT2D eigenvalue weighted by Gasteiger charge is -2.31. The lowest BCUT2D eigenvalue weighted by molar-refractivity contribution is -0.126. The lowest BCUT2D eigenvalue weighted by atomic mass is 9.95. The number of rotatable bonds is 5. The predicted molar refractivity (Wildman–Crippen MR) is 105 cm³/mol. The Balaban J connectivity index is 1.49. The van der Waals surface area contributed by atoms with Crippen molar-refractivity contribution in [3.8, 4) is 11.5 Å². The molecule has 7 nitrogen and oxygen atoms in total. The van der Waals surface area contributed by atoms with E-state index in [2.05, 4.69) is 10.5 Å². The third-order valence-corrected chi connectivity index (χ3v) is 4.75. The van der Waals surface area contributed by atoms with Gasteiger partial charge in [-0.1, -0.05) is 6.07 Å². The molecule has 0 atom stereocenters. The summed E-state index contributed by atoms with van der Waals surface area (Å²) in [5.74, 6) is 0.445. The molecule has 0 radical (unpaired) electrons. The van der Waals surface area contributed by atoms with E-state index < -0.39 is 0 Å². The number of hydrazone groups is 1. The van der Waals surface area contributed by atoms with Gasteiger partial charge in [-0.25, -0.2) is 5.43 Å². The molecule has 0 saturated carbocycles. The molecule has 0 aliphatic carbocycles. The second kappa shape index (κ2) is 9.03. The molecule has 28 heavy (non-hydrogen) atoms. The average molecular weight is 381 g/mol. The Bertz CT molecular complexity index is 856. The number of phenols is 1. The van der Waals surface area contributed by atoms with Crippen molar-refractivity contribution in [3.63, 3.8) is 0 Å². The molecule has 3 rings (SSSR count). The van der Waals surface area contributed by atoms with Gasteiger partial charge in [0.2, 0.25) is 5.91 Å². The van der Waals surface area contributed by atoms with Gasteiger partial charge in [-0.2, -0.15) is 5.10 Å². The number of carbonyl (C=O) groups excluding carboxylic acids is 2. The largest absolute Gasteiger partial charge is 0.508 e. The van der Waals surface area contributed by atoms with E-state index >= 15 is 0 Å². The van der Waals surface area contributed by atoms with Gasteiger partial charge in [-0.3, -0.25) is 9.59 Å². The number of carbonyl (C=O) groups is 2. The van der Waals surface area contributed by atoms with Crippen LogP contribution in [-0.2, 0) is 4.79 Å². The molecule has 2 aromatic carbocycles. The summed E-state index contributed by atoms with van der Waals surface area (Å²) in [5, 5.41) is 13.2. The second-order valence-electron chi connectivity index (χ2n) is 6.62. The zero-order chi connectivity index (χ0) is 19.9. The lowest BCUT2D eigenvalue weighted by Crippen LogP contribution is -2.42. The topological polar surface area (TPSA) is 91.2 Å². The minimum Gasteiger partial charge on any atom is -0.508 e. The number of phenolic OH excluding ortho intramolecular Hbond substituents is 1. The summed E-state index contributed by atoms with van der Waals surface area (Å²) in [6.45, 7) is 1.05. The molecule has 2 amide bonds. The standard InChI is InChI=1S/C21H23N3O4/c1-28-19-4-2-3-17(13-19)21(27)24-11-9-16(10-12-24)20(26)23-22-14-15-5-7-18(25)8-6-15/h2-8,13-14,16,25H,9-12H2,1H3,(H,23,26)/b22-14-. The number of methoxy groups -OCH3 is 1. The predicted octanol–water partition coefficient (Wildman–Crippen LogP) is 2.40. The molecule has 2 N–H and O–H groups in total. The zero-order valence-corrected chi connectivity index (χ0v) is 15.7. The van der Waals surface area contributed by atoms with Gasteiger partial charge in [-0.05, 0) is 60.9 Å². The van der Waals surface area contributed by atoms with Crippen LogP contribution in [0.4, 0.5) is 0 Å². The number of hydrogen-bond acceptors (Lipinski definition) is 5. The third kappa shape index (κ3) is 4.88. The number of likely N-dealkylation sites (tertiary alicyclic amines) is 1. The molecule has 1 aliphatic rings. The molecule has 0 bridgehead atoms. The summed E-state index contributed by atoms with van der Waals surface area (Å²) in [6, 6.07) is 13.6. The van der Waals surface area contributed by atoms with Gasteiger partial charge in [0.1, 0.15) is 11.5 Å². The maximum atomic E-state index is 12.6. The van der Waals surface area contributed by atoms with Crippen LogP contribution in [0.25, 0.3) is 0 Å². The monoisotopic (exact) mass is 381 g/mol. The summed E-state index contributed by atoms with van der Waals surface area (Å²) in [6.07, 6.45) is 2.71. The van der Waals surface area contributed by atoms with Crippen LogP contribution in [0.3, 0.4) is 0 Å². The van der Waals surface area contributed by atoms with E-state index in [1.165, 1.54) is 6.21 Å². The Kier molecular flexibility index (Phi) is 6.26. The van der Waals surface area contributed by atoms with Crippen LogP contribution in [-0.4, -0.2) is 48.2 Å². The van der Waals surface area contributed by atoms with Crippen molar-refractivity contribution in [2.45, 2.75) is 12.8 Å². The molecule has 0 aromatic heterocycles. The number of aromatic hydroxyl groups is 1. The van der Waals surface area contributed by atoms with Crippen LogP contribution in [0.1, 0.15) is 28.8 Å². The van der Waals surface area contributed by atoms with Gasteiger partial charge >= 0.3 is 0 Å². The number of piperidine rings is 1. The first-order valence-corrected chi connectivity index (χ1v) is 9.12. The van der Waals surface area contributed by atoms with Crippen LogP contribution in [0.5, 0.6) is 11.5 Å². The van der Waals surface area contributed by atoms with E-state index in [0.717, 1.165) is 5.56 Å². The highest BCUT2D eigenvalue weighted by Crippen LogP contribution is 2.21. The Morgan fingerprint density at radius 1 is 1.18 bits per heavy atom. The van der Waals surface area contributed by atoms with E-state index in [0.29, 0.717) is 37.2 Å². The van der Waals surface area contributed by atoms with Crippen molar-refractivity contribution in [1.29, 1.82) is 0 Å². The highest BCUT2D eigenvalue weighted by Gasteiger charge is 2.27. The third-order valence-electron chi connectivity index (χ3n) is 4.75. The van der Waals surface area contributed by atoms with Crippen molar-refractivity contribution < 1.29 is 19.4 Å². The van der Waals surface area contributed by atoms with Gasteiger partial charge < -0.3 is 14.7 Å². The molecule has 7 heteroatoms. The Morgan fingerprint density at radius 2 is 1.89 bits per heavy atom. The zero-order valence-electron chi connectivity index (χ0n) is 15.7. The van der Waals surface area contributed by atoms with Gasteiger partial charge in [0.25, 0.3) is 5.91 Å². The SMILES string of the molecule is COc1cccc(C(=O)N2CCC(C(=O)N/N=C\c3ccc(O)cc3)CC2)c1. The molecule has 1 heterocycles. The minimum absolute atomic E-state index is 0.0527. The van der Waals surface area contributed by atoms with Crippen molar-refractivity contribution in [2.75, 3.05) is 20.2 Å². The molecule has 1 aliphatic heterocycles. The molecule has 1 fully saturated rings. The van der Waals surface area contributed by atoms with E-state index in [9.17, 15) is 14.7 Å². The first-order chi connectivity index (χ1) is 13.6. The summed E-state index contributed by atoms with van der Waals surface area (Å²) < 4.78 is 5.17. The highest BCUT2D eigenvalue weighted by molar-refractivity contribution is 5.94. The van der Waals surface area contributed by atoms with E-state index in [1.807, 2.05) is 0 Å². The molecule has 1 saturated heterocycles. The van der Waals surface area contributed by atoms with E-state index in [-0.39, 0.29) is 23.5 Å². The molecule has 2 aromatic rings. The average Bonchev–Trinajstić information content (AvgIpc) is 2.74. The number of nitrogens with one attached hydrogen (secondary N) is 1. The Labute approximate surface area is 163 Å². The van der Waals surface area contributed by atoms with Gasteiger partial charge in [0.05, 0.1) is 13.3 Å². The van der Waals surface area contributed by atoms with Crippen molar-refractivity contribution in [2.24, 2.45) is 11.0 Å². The number of benzene rings is 2. The molecule has 0 unspecified atom stereocenters. The van der Waals surface area contributed by atoms with Gasteiger partial charge in [-0.15, -0.1) is 0 Å². The maximum absolute atomic E-state index is 12.6. The number of hydrogen-bond donors (Lipinski definition) is 2. The molecule has 0 spiro atoms. The summed E-state index contributed by atoms with van der Waals surface area (Å²) in [7, 11) is 1.57. The van der Waals surface area contributed by atoms with Gasteiger partial charge in [0, 0.05) is 24.6 Å². The van der Waals surface area contributed by atoms with Crippen LogP contribution in [0.2, 0.25) is 0 Å². The van der Waals surface area contributed by atoms with Crippen LogP contribution in [0.15, 0.2) is 53.6 Å². The number of amides is 2. The fourth-order valence-corrected chi connectivity index (χ4v) is 3.11. The second-order valence-corrected chi connectivity index (χ2v) is 6.62. The molecular weight excluding hydrogens is 358 g/mol. The van der Waals surface area contributed by atoms with Crippen LogP contribution < -0.4 is 10.2 Å². The van der Waals surface area contributed by atoms with Crippen molar-refractivity contribution in [3.05, 3.63) is 59.7 Å². The normalized spacial score (nSPS) is 14.8. The van der Waals surface area contributed by atoms with Crippen LogP contribution in [0, 0.1) is 5.92 Å². The number of ether oxygens (including phenoxy) is 1. The Morgan fingerprint density at radius 3 is 2.57 bits per heavy atom. The quantitative estimate of drug-likeness (QED) is 0.615.